The molecular weight excluding hydrogens is 607 g/mol. The molecule has 0 saturated heterocycles. The highest BCUT2D eigenvalue weighted by Gasteiger charge is 2.48. The van der Waals surface area contributed by atoms with Crippen LogP contribution in [0.3, 0.4) is 0 Å². The van der Waals surface area contributed by atoms with Crippen LogP contribution in [0.1, 0.15) is 42.5 Å². The number of aliphatic hydroxyl groups is 4. The van der Waals surface area contributed by atoms with E-state index in [1.54, 1.807) is 4.90 Å². The van der Waals surface area contributed by atoms with Gasteiger partial charge in [-0.25, -0.2) is 9.36 Å². The van der Waals surface area contributed by atoms with E-state index in [-0.39, 0.29) is 11.5 Å². The molecule has 0 bridgehead atoms. The minimum atomic E-state index is -4.96. The van der Waals surface area contributed by atoms with Crippen LogP contribution in [0.4, 0.5) is 22.9 Å². The third-order valence-electron chi connectivity index (χ3n) is 8.77. The number of H-pyrrole nitrogens is 2. The zero-order valence-electron chi connectivity index (χ0n) is 25.3. The van der Waals surface area contributed by atoms with Crippen molar-refractivity contribution in [1.82, 2.24) is 9.97 Å². The molecule has 0 saturated carbocycles. The van der Waals surface area contributed by atoms with E-state index in [1.165, 1.54) is 4.90 Å². The van der Waals surface area contributed by atoms with Crippen molar-refractivity contribution in [1.29, 1.82) is 0 Å². The number of phosphoric acid groups is 1. The van der Waals surface area contributed by atoms with Gasteiger partial charge in [-0.15, -0.1) is 0 Å². The van der Waals surface area contributed by atoms with E-state index in [0.717, 1.165) is 22.3 Å². The zero-order chi connectivity index (χ0) is 33.0. The predicted octanol–water partition coefficient (Wildman–Crippen LogP) is 1.12. The molecular formula is C30H39N4O10P. The molecule has 5 rings (SSSR count). The summed E-state index contributed by atoms with van der Waals surface area (Å²) in [5, 5.41) is 43.8. The number of aromatic amines is 2. The molecule has 2 aliphatic heterocycles. The number of β-amino-alcohol motifs (C(OH)–C–C–N with tert-alkyl or cyclic N) is 1. The highest BCUT2D eigenvalue weighted by Crippen LogP contribution is 2.57. The van der Waals surface area contributed by atoms with Crippen molar-refractivity contribution >= 4 is 30.7 Å². The van der Waals surface area contributed by atoms with Gasteiger partial charge in [0.1, 0.15) is 29.8 Å². The molecule has 45 heavy (non-hydrogen) atoms. The number of aryl methyl sites for hydroxylation is 1. The Hall–Kier alpha value is -3.33. The summed E-state index contributed by atoms with van der Waals surface area (Å²) in [5.74, 6) is 0.00859. The van der Waals surface area contributed by atoms with Crippen LogP contribution < -0.4 is 21.0 Å². The quantitative estimate of drug-likeness (QED) is 0.145. The molecule has 3 heterocycles. The average molecular weight is 647 g/mol. The second-order valence-electron chi connectivity index (χ2n) is 12.5. The molecule has 0 spiro atoms. The van der Waals surface area contributed by atoms with Crippen LogP contribution in [0.25, 0.3) is 0 Å². The minimum Gasteiger partial charge on any atom is -0.391 e. The first kappa shape index (κ1) is 33.0. The van der Waals surface area contributed by atoms with E-state index in [2.05, 4.69) is 28.3 Å². The number of aromatic nitrogens is 2. The Kier molecular flexibility index (Phi) is 8.90. The summed E-state index contributed by atoms with van der Waals surface area (Å²) < 4.78 is 15.4. The number of nitrogens with zero attached hydrogens (tertiary/aromatic N) is 2. The average Bonchev–Trinajstić information content (AvgIpc) is 2.95. The number of hydrogen-bond acceptors (Lipinski definition) is 10. The van der Waals surface area contributed by atoms with Crippen LogP contribution in [0.2, 0.25) is 0 Å². The normalized spacial score (nSPS) is 19.8. The van der Waals surface area contributed by atoms with Crippen molar-refractivity contribution in [2.75, 3.05) is 23.0 Å². The number of fused-ring (bicyclic) bond motifs is 2. The monoisotopic (exact) mass is 646 g/mol. The molecule has 244 valence electrons. The number of rotatable bonds is 10. The Morgan fingerprint density at radius 2 is 1.69 bits per heavy atom. The fourth-order valence-electron chi connectivity index (χ4n) is 6.64. The molecule has 0 radical (unpaired) electrons. The third-order valence-corrected chi connectivity index (χ3v) is 9.26. The summed E-state index contributed by atoms with van der Waals surface area (Å²) in [5.41, 5.74) is 2.74. The summed E-state index contributed by atoms with van der Waals surface area (Å²) in [6.07, 6.45) is -5.72. The number of benzene rings is 2. The van der Waals surface area contributed by atoms with Crippen LogP contribution in [0.15, 0.2) is 46.0 Å². The van der Waals surface area contributed by atoms with E-state index >= 15 is 0 Å². The molecule has 2 aromatic carbocycles. The van der Waals surface area contributed by atoms with Gasteiger partial charge in [-0.1, -0.05) is 44.2 Å². The van der Waals surface area contributed by atoms with Gasteiger partial charge in [0.2, 0.25) is 0 Å². The van der Waals surface area contributed by atoms with E-state index in [9.17, 15) is 34.6 Å². The van der Waals surface area contributed by atoms with E-state index in [4.69, 9.17) is 9.79 Å². The molecule has 5 atom stereocenters. The van der Waals surface area contributed by atoms with Crippen LogP contribution in [0, 0.1) is 13.8 Å². The largest absolute Gasteiger partial charge is 0.469 e. The summed E-state index contributed by atoms with van der Waals surface area (Å²) in [6, 6.07) is 10.7. The molecule has 8 N–H and O–H groups in total. The van der Waals surface area contributed by atoms with Crippen molar-refractivity contribution in [3.8, 4) is 0 Å². The molecule has 0 aliphatic carbocycles. The van der Waals surface area contributed by atoms with Crippen LogP contribution in [0.5, 0.6) is 0 Å². The summed E-state index contributed by atoms with van der Waals surface area (Å²) in [6.45, 7) is 6.59. The lowest BCUT2D eigenvalue weighted by Crippen LogP contribution is -2.55. The van der Waals surface area contributed by atoms with Crippen LogP contribution in [-0.4, -0.2) is 83.8 Å². The van der Waals surface area contributed by atoms with Gasteiger partial charge >= 0.3 is 13.5 Å². The molecule has 14 nitrogen and oxygen atoms in total. The second-order valence-corrected chi connectivity index (χ2v) is 13.7. The Balaban J connectivity index is 1.65. The summed E-state index contributed by atoms with van der Waals surface area (Å²) >= 11 is 0. The molecule has 0 amide bonds. The van der Waals surface area contributed by atoms with Gasteiger partial charge in [-0.2, -0.15) is 0 Å². The molecule has 2 aliphatic rings. The minimum absolute atomic E-state index is 0.00859. The Morgan fingerprint density at radius 1 is 1.02 bits per heavy atom. The highest BCUT2D eigenvalue weighted by molar-refractivity contribution is 7.46. The lowest BCUT2D eigenvalue weighted by atomic mass is 9.69. The van der Waals surface area contributed by atoms with E-state index < -0.39 is 68.1 Å². The van der Waals surface area contributed by atoms with Crippen molar-refractivity contribution in [2.24, 2.45) is 0 Å². The maximum absolute atomic E-state index is 13.6. The predicted molar refractivity (Wildman–Crippen MR) is 166 cm³/mol. The maximum atomic E-state index is 13.6. The fraction of sp³-hybridized carbons (Fsp3) is 0.467. The van der Waals surface area contributed by atoms with Crippen molar-refractivity contribution in [2.45, 2.75) is 76.4 Å². The second kappa shape index (κ2) is 12.1. The van der Waals surface area contributed by atoms with Crippen LogP contribution >= 0.6 is 7.82 Å². The van der Waals surface area contributed by atoms with Gasteiger partial charge < -0.3 is 40.0 Å². The lowest BCUT2D eigenvalue weighted by Gasteiger charge is -2.52. The summed E-state index contributed by atoms with van der Waals surface area (Å²) in [4.78, 5) is 52.4. The third kappa shape index (κ3) is 6.38. The van der Waals surface area contributed by atoms with E-state index in [1.807, 2.05) is 50.2 Å². The van der Waals surface area contributed by atoms with Crippen LogP contribution in [-0.2, 0) is 20.9 Å². The first-order chi connectivity index (χ1) is 21.0. The Labute approximate surface area is 258 Å². The summed E-state index contributed by atoms with van der Waals surface area (Å²) in [7, 11) is -4.96. The molecule has 3 aromatic rings. The molecule has 1 aromatic heterocycles. The van der Waals surface area contributed by atoms with Gasteiger partial charge in [-0.05, 0) is 54.0 Å². The number of hydrogen-bond donors (Lipinski definition) is 8. The zero-order valence-corrected chi connectivity index (χ0v) is 26.2. The number of phosphoric ester groups is 1. The Bertz CT molecular complexity index is 1740. The SMILES string of the molecule is Cc1cc2c3c(c1C)C(C)(C)C[C@@H](C(O)Cc1ccccc1)N3c1c([nH]c(=O)[nH]c1=O)N2C[C@H](O)[C@H](O)[C@H](O)COP(=O)(O)O. The topological polar surface area (TPSA) is 220 Å². The maximum Gasteiger partial charge on any atom is 0.469 e. The standard InChI is InChI=1S/C30H39N4O10P/c1-15-10-18-24-23(16(15)2)30(3,4)12-19(20(35)11-17-8-6-5-7-9-17)34(24)25-27(31-29(40)32-28(25)39)33(18)13-21(36)26(38)22(37)14-44-45(41,42)43/h5-10,19-22,26,35-38H,11-14H2,1-4H3,(H2,41,42,43)(H2,31,32,39,40)/t19-,20?,21-,22+,26-/m0/s1. The highest BCUT2D eigenvalue weighted by atomic mass is 31.2. The molecule has 0 fully saturated rings. The number of nitrogens with one attached hydrogen (secondary N) is 2. The van der Waals surface area contributed by atoms with Gasteiger partial charge in [0, 0.05) is 6.42 Å². The van der Waals surface area contributed by atoms with Crippen molar-refractivity contribution in [3.63, 3.8) is 0 Å². The smallest absolute Gasteiger partial charge is 0.391 e. The van der Waals surface area contributed by atoms with Gasteiger partial charge in [-0.3, -0.25) is 19.3 Å². The van der Waals surface area contributed by atoms with E-state index in [0.29, 0.717) is 24.2 Å². The van der Waals surface area contributed by atoms with Gasteiger partial charge in [0.05, 0.1) is 36.7 Å². The van der Waals surface area contributed by atoms with Crippen molar-refractivity contribution < 1.29 is 39.3 Å². The number of aliphatic hydroxyl groups excluding tert-OH is 4. The number of anilines is 4. The van der Waals surface area contributed by atoms with Crippen molar-refractivity contribution in [3.05, 3.63) is 79.5 Å². The Morgan fingerprint density at radius 3 is 2.33 bits per heavy atom. The lowest BCUT2D eigenvalue weighted by molar-refractivity contribution is -0.0717. The first-order valence-corrected chi connectivity index (χ1v) is 16.1. The fourth-order valence-corrected chi connectivity index (χ4v) is 6.99. The first-order valence-electron chi connectivity index (χ1n) is 14.5. The van der Waals surface area contributed by atoms with Gasteiger partial charge in [0.25, 0.3) is 5.56 Å². The van der Waals surface area contributed by atoms with Gasteiger partial charge in [0.15, 0.2) is 0 Å². The molecule has 1 unspecified atom stereocenters. The molecule has 15 heteroatoms.